The van der Waals surface area contributed by atoms with E-state index < -0.39 is 0 Å². The average Bonchev–Trinajstić information content (AvgIpc) is 3.12. The molecule has 0 bridgehead atoms. The van der Waals surface area contributed by atoms with Crippen LogP contribution < -0.4 is 14.9 Å². The maximum atomic E-state index is 13.2. The molecule has 1 aromatic heterocycles. The summed E-state index contributed by atoms with van der Waals surface area (Å²) >= 11 is 3.47. The van der Waals surface area contributed by atoms with Crippen LogP contribution >= 0.6 is 15.9 Å². The van der Waals surface area contributed by atoms with Gasteiger partial charge in [0.25, 0.3) is 0 Å². The third kappa shape index (κ3) is 3.51. The van der Waals surface area contributed by atoms with Crippen molar-refractivity contribution in [3.05, 3.63) is 56.7 Å². The Bertz CT molecular complexity index is 1140. The number of aliphatic hydroxyl groups is 1. The second kappa shape index (κ2) is 8.41. The normalized spacial score (nSPS) is 19.4. The molecule has 0 radical (unpaired) electrons. The minimum atomic E-state index is -0.182. The number of aliphatic hydroxyl groups excluding tert-OH is 1. The summed E-state index contributed by atoms with van der Waals surface area (Å²) in [6, 6.07) is 10.8. The van der Waals surface area contributed by atoms with E-state index in [1.165, 1.54) is 13.2 Å². The van der Waals surface area contributed by atoms with Crippen LogP contribution in [0.15, 0.2) is 50.1 Å². The lowest BCUT2D eigenvalue weighted by Crippen LogP contribution is -2.32. The zero-order valence-electron chi connectivity index (χ0n) is 17.1. The molecule has 1 N–H and O–H groups in total. The summed E-state index contributed by atoms with van der Waals surface area (Å²) in [7, 11) is 5.10. The summed E-state index contributed by atoms with van der Waals surface area (Å²) in [5.74, 6) is 1.43. The minimum absolute atomic E-state index is 0.00734. The van der Waals surface area contributed by atoms with E-state index in [0.29, 0.717) is 28.2 Å². The number of methoxy groups -OCH3 is 2. The second-order valence-corrected chi connectivity index (χ2v) is 8.43. The fourth-order valence-corrected chi connectivity index (χ4v) is 4.77. The maximum absolute atomic E-state index is 13.2. The van der Waals surface area contributed by atoms with Gasteiger partial charge in [0, 0.05) is 39.7 Å². The van der Waals surface area contributed by atoms with Gasteiger partial charge in [-0.25, -0.2) is 0 Å². The topological polar surface area (TPSA) is 72.1 Å². The Balaban J connectivity index is 2.05. The van der Waals surface area contributed by atoms with Crippen LogP contribution in [0.1, 0.15) is 17.9 Å². The first kappa shape index (κ1) is 20.9. The fraction of sp³-hybridized carbons (Fsp3) is 0.348. The van der Waals surface area contributed by atoms with Gasteiger partial charge >= 0.3 is 0 Å². The van der Waals surface area contributed by atoms with E-state index in [9.17, 15) is 9.90 Å². The van der Waals surface area contributed by atoms with Gasteiger partial charge in [-0.05, 0) is 32.1 Å². The van der Waals surface area contributed by atoms with Crippen molar-refractivity contribution in [3.8, 4) is 22.8 Å². The molecule has 0 amide bonds. The molecule has 6 nitrogen and oxygen atoms in total. The number of fused-ring (bicyclic) bond motifs is 1. The highest BCUT2D eigenvalue weighted by Gasteiger charge is 2.37. The van der Waals surface area contributed by atoms with Crippen molar-refractivity contribution in [1.82, 2.24) is 4.90 Å². The number of likely N-dealkylation sites (N-methyl/N-ethyl adjacent to an activating group) is 1. The van der Waals surface area contributed by atoms with Gasteiger partial charge in [0.2, 0.25) is 0 Å². The smallest absolute Gasteiger partial charge is 0.197 e. The molecule has 0 aliphatic carbocycles. The van der Waals surface area contributed by atoms with Gasteiger partial charge in [0.15, 0.2) is 5.43 Å². The second-order valence-electron chi connectivity index (χ2n) is 7.51. The number of likely N-dealkylation sites (tertiary alicyclic amines) is 1. The first-order chi connectivity index (χ1) is 14.5. The van der Waals surface area contributed by atoms with Crippen LogP contribution in [0.25, 0.3) is 22.3 Å². The van der Waals surface area contributed by atoms with Crippen LogP contribution in [-0.4, -0.2) is 50.5 Å². The van der Waals surface area contributed by atoms with Crippen molar-refractivity contribution < 1.29 is 19.0 Å². The minimum Gasteiger partial charge on any atom is -0.496 e. The molecule has 2 unspecified atom stereocenters. The molecule has 30 heavy (non-hydrogen) atoms. The molecule has 2 aromatic carbocycles. The number of benzene rings is 2. The highest BCUT2D eigenvalue weighted by molar-refractivity contribution is 9.10. The van der Waals surface area contributed by atoms with Crippen LogP contribution in [0.5, 0.6) is 11.5 Å². The molecule has 1 fully saturated rings. The van der Waals surface area contributed by atoms with Gasteiger partial charge in [-0.1, -0.05) is 28.1 Å². The number of ether oxygens (including phenoxy) is 2. The van der Waals surface area contributed by atoms with Gasteiger partial charge in [-0.2, -0.15) is 0 Å². The Morgan fingerprint density at radius 2 is 1.97 bits per heavy atom. The first-order valence-corrected chi connectivity index (χ1v) is 10.6. The van der Waals surface area contributed by atoms with Crippen molar-refractivity contribution in [2.75, 3.05) is 34.4 Å². The van der Waals surface area contributed by atoms with Gasteiger partial charge < -0.3 is 23.9 Å². The Labute approximate surface area is 183 Å². The van der Waals surface area contributed by atoms with E-state index in [4.69, 9.17) is 13.9 Å². The highest BCUT2D eigenvalue weighted by atomic mass is 79.9. The standard InChI is InChI=1S/C23H24BrNO5/c1-25-8-7-15(16(25)12-26)21-19(28-2)11-20(29-3)22-17(27)10-18(30-23(21)22)13-5-4-6-14(24)9-13/h4-6,9-11,15-16,26H,7-8,12H2,1-3H3. The molecule has 1 aliphatic heterocycles. The SMILES string of the molecule is COc1cc(OC)c2c(=O)cc(-c3cccc(Br)c3)oc2c1C1CCN(C)C1CO. The quantitative estimate of drug-likeness (QED) is 0.603. The van der Waals surface area contributed by atoms with Crippen LogP contribution in [0.4, 0.5) is 0 Å². The zero-order valence-corrected chi connectivity index (χ0v) is 18.7. The van der Waals surface area contributed by atoms with Crippen molar-refractivity contribution in [3.63, 3.8) is 0 Å². The number of halogens is 1. The Kier molecular flexibility index (Phi) is 5.86. The van der Waals surface area contributed by atoms with Gasteiger partial charge in [0.05, 0.1) is 20.8 Å². The van der Waals surface area contributed by atoms with Crippen molar-refractivity contribution in [1.29, 1.82) is 0 Å². The predicted molar refractivity (Wildman–Crippen MR) is 120 cm³/mol. The number of hydrogen-bond donors (Lipinski definition) is 1. The molecule has 7 heteroatoms. The average molecular weight is 474 g/mol. The van der Waals surface area contributed by atoms with E-state index in [-0.39, 0.29) is 24.0 Å². The molecule has 158 valence electrons. The summed E-state index contributed by atoms with van der Waals surface area (Å²) in [5, 5.41) is 10.4. The van der Waals surface area contributed by atoms with E-state index in [2.05, 4.69) is 20.8 Å². The Hall–Kier alpha value is -2.35. The summed E-state index contributed by atoms with van der Waals surface area (Å²) in [5.41, 5.74) is 1.86. The number of rotatable bonds is 5. The molecule has 3 aromatic rings. The molecule has 1 aliphatic rings. The molecule has 2 atom stereocenters. The largest absolute Gasteiger partial charge is 0.496 e. The monoisotopic (exact) mass is 473 g/mol. The van der Waals surface area contributed by atoms with Crippen molar-refractivity contribution in [2.45, 2.75) is 18.4 Å². The lowest BCUT2D eigenvalue weighted by Gasteiger charge is -2.25. The molecule has 4 rings (SSSR count). The molecular formula is C23H24BrNO5. The predicted octanol–water partition coefficient (Wildman–Crippen LogP) is 4.02. The van der Waals surface area contributed by atoms with Gasteiger partial charge in [-0.3, -0.25) is 4.79 Å². The first-order valence-electron chi connectivity index (χ1n) is 9.78. The molecule has 0 saturated carbocycles. The van der Waals surface area contributed by atoms with Crippen molar-refractivity contribution >= 4 is 26.9 Å². The summed E-state index contributed by atoms with van der Waals surface area (Å²) in [4.78, 5) is 15.3. The van der Waals surface area contributed by atoms with Gasteiger partial charge in [0.1, 0.15) is 28.2 Å². The third-order valence-electron chi connectivity index (χ3n) is 5.90. The van der Waals surface area contributed by atoms with E-state index in [1.807, 2.05) is 31.3 Å². The zero-order chi connectivity index (χ0) is 21.4. The summed E-state index contributed by atoms with van der Waals surface area (Å²) in [6.07, 6.45) is 0.824. The van der Waals surface area contributed by atoms with E-state index in [0.717, 1.165) is 28.6 Å². The fourth-order valence-electron chi connectivity index (χ4n) is 4.37. The van der Waals surface area contributed by atoms with Crippen LogP contribution in [0.2, 0.25) is 0 Å². The lowest BCUT2D eigenvalue weighted by atomic mass is 9.89. The number of hydrogen-bond acceptors (Lipinski definition) is 6. The summed E-state index contributed by atoms with van der Waals surface area (Å²) in [6.45, 7) is 0.843. The Morgan fingerprint density at radius 3 is 2.63 bits per heavy atom. The van der Waals surface area contributed by atoms with Gasteiger partial charge in [-0.15, -0.1) is 0 Å². The maximum Gasteiger partial charge on any atom is 0.197 e. The summed E-state index contributed by atoms with van der Waals surface area (Å²) < 4.78 is 18.4. The van der Waals surface area contributed by atoms with Crippen LogP contribution in [0, 0.1) is 0 Å². The Morgan fingerprint density at radius 1 is 1.20 bits per heavy atom. The lowest BCUT2D eigenvalue weighted by molar-refractivity contribution is 0.171. The van der Waals surface area contributed by atoms with Crippen molar-refractivity contribution in [2.24, 2.45) is 0 Å². The van der Waals surface area contributed by atoms with Crippen LogP contribution in [0.3, 0.4) is 0 Å². The van der Waals surface area contributed by atoms with Crippen LogP contribution in [-0.2, 0) is 0 Å². The third-order valence-corrected chi connectivity index (χ3v) is 6.39. The van der Waals surface area contributed by atoms with E-state index in [1.54, 1.807) is 13.2 Å². The van der Waals surface area contributed by atoms with E-state index >= 15 is 0 Å². The molecule has 2 heterocycles. The molecule has 0 spiro atoms. The number of nitrogens with zero attached hydrogens (tertiary/aromatic N) is 1. The molecular weight excluding hydrogens is 450 g/mol. The highest BCUT2D eigenvalue weighted by Crippen LogP contribution is 2.44. The molecule has 1 saturated heterocycles.